The van der Waals surface area contributed by atoms with Gasteiger partial charge in [-0.1, -0.05) is 0 Å². The van der Waals surface area contributed by atoms with Crippen molar-refractivity contribution < 1.29 is 27.2 Å². The first-order valence-corrected chi connectivity index (χ1v) is 12.4. The zero-order valence-electron chi connectivity index (χ0n) is 18.1. The van der Waals surface area contributed by atoms with Crippen molar-refractivity contribution in [1.82, 2.24) is 18.8 Å². The third-order valence-electron chi connectivity index (χ3n) is 6.18. The van der Waals surface area contributed by atoms with E-state index in [4.69, 9.17) is 9.15 Å². The SMILES string of the molecule is CCOC(=O)c1ccc(S(=O)(=O)N2CCC(C(=O)N3CCC(n4ccnc4)CC3)CC2)o1. The molecule has 2 fully saturated rings. The zero-order chi connectivity index (χ0) is 22.7. The summed E-state index contributed by atoms with van der Waals surface area (Å²) in [5.41, 5.74) is 0. The van der Waals surface area contributed by atoms with E-state index in [-0.39, 0.29) is 42.4 Å². The molecule has 0 N–H and O–H groups in total. The molecule has 2 aliphatic rings. The maximum atomic E-state index is 13.0. The van der Waals surface area contributed by atoms with Crippen LogP contribution in [0.1, 0.15) is 49.2 Å². The molecule has 0 saturated carbocycles. The molecule has 10 nitrogen and oxygen atoms in total. The van der Waals surface area contributed by atoms with Crippen LogP contribution in [0.25, 0.3) is 0 Å². The van der Waals surface area contributed by atoms with Gasteiger partial charge in [-0.15, -0.1) is 0 Å². The number of furan rings is 1. The lowest BCUT2D eigenvalue weighted by molar-refractivity contribution is -0.138. The summed E-state index contributed by atoms with van der Waals surface area (Å²) in [6.45, 7) is 3.70. The fraction of sp³-hybridized carbons (Fsp3) is 0.571. The Kier molecular flexibility index (Phi) is 6.66. The van der Waals surface area contributed by atoms with Gasteiger partial charge in [-0.3, -0.25) is 4.79 Å². The van der Waals surface area contributed by atoms with Crippen molar-refractivity contribution >= 4 is 21.9 Å². The fourth-order valence-electron chi connectivity index (χ4n) is 4.37. The molecule has 0 spiro atoms. The Morgan fingerprint density at radius 1 is 1.12 bits per heavy atom. The quantitative estimate of drug-likeness (QED) is 0.600. The number of carbonyl (C=O) groups is 2. The van der Waals surface area contributed by atoms with Gasteiger partial charge in [0.2, 0.25) is 16.8 Å². The van der Waals surface area contributed by atoms with Gasteiger partial charge < -0.3 is 18.6 Å². The van der Waals surface area contributed by atoms with Crippen LogP contribution in [0.3, 0.4) is 0 Å². The van der Waals surface area contributed by atoms with Crippen LogP contribution in [0.15, 0.2) is 40.4 Å². The molecule has 2 aromatic rings. The van der Waals surface area contributed by atoms with Crippen molar-refractivity contribution in [3.8, 4) is 0 Å². The van der Waals surface area contributed by atoms with Crippen LogP contribution in [0.4, 0.5) is 0 Å². The Bertz CT molecular complexity index is 1030. The number of imidazole rings is 1. The Balaban J connectivity index is 1.31. The number of ether oxygens (including phenoxy) is 1. The second-order valence-corrected chi connectivity index (χ2v) is 9.95. The Labute approximate surface area is 187 Å². The molecule has 4 rings (SSSR count). The van der Waals surface area contributed by atoms with Crippen molar-refractivity contribution in [3.63, 3.8) is 0 Å². The molecule has 1 amide bonds. The van der Waals surface area contributed by atoms with Crippen molar-refractivity contribution in [2.75, 3.05) is 32.8 Å². The molecule has 174 valence electrons. The molecular formula is C21H28N4O6S. The summed E-state index contributed by atoms with van der Waals surface area (Å²) in [5, 5.41) is -0.285. The highest BCUT2D eigenvalue weighted by atomic mass is 32.2. The molecule has 11 heteroatoms. The number of hydrogen-bond acceptors (Lipinski definition) is 7. The van der Waals surface area contributed by atoms with E-state index in [1.165, 1.54) is 16.4 Å². The van der Waals surface area contributed by atoms with Gasteiger partial charge in [0.25, 0.3) is 10.0 Å². The Hall–Kier alpha value is -2.66. The van der Waals surface area contributed by atoms with Crippen LogP contribution in [0.2, 0.25) is 0 Å². The highest BCUT2D eigenvalue weighted by Crippen LogP contribution is 2.29. The van der Waals surface area contributed by atoms with Gasteiger partial charge in [-0.05, 0) is 44.7 Å². The van der Waals surface area contributed by atoms with Crippen molar-refractivity contribution in [2.24, 2.45) is 5.92 Å². The topological polar surface area (TPSA) is 115 Å². The molecule has 0 aromatic carbocycles. The van der Waals surface area contributed by atoms with Gasteiger partial charge in [-0.25, -0.2) is 18.2 Å². The van der Waals surface area contributed by atoms with E-state index in [1.807, 2.05) is 17.4 Å². The molecule has 0 radical (unpaired) electrons. The van der Waals surface area contributed by atoms with Crippen molar-refractivity contribution in [1.29, 1.82) is 0 Å². The number of esters is 1. The van der Waals surface area contributed by atoms with Crippen LogP contribution in [0, 0.1) is 5.92 Å². The second-order valence-electron chi connectivity index (χ2n) is 8.08. The molecular weight excluding hydrogens is 436 g/mol. The van der Waals surface area contributed by atoms with E-state index in [9.17, 15) is 18.0 Å². The van der Waals surface area contributed by atoms with Crippen LogP contribution >= 0.6 is 0 Å². The second kappa shape index (κ2) is 9.45. The van der Waals surface area contributed by atoms with Gasteiger partial charge in [0.1, 0.15) is 0 Å². The fourth-order valence-corrected chi connectivity index (χ4v) is 5.75. The molecule has 2 aromatic heterocycles. The summed E-state index contributed by atoms with van der Waals surface area (Å²) < 4.78 is 39.3. The highest BCUT2D eigenvalue weighted by Gasteiger charge is 2.36. The monoisotopic (exact) mass is 464 g/mol. The minimum atomic E-state index is -3.87. The lowest BCUT2D eigenvalue weighted by atomic mass is 9.95. The summed E-state index contributed by atoms with van der Waals surface area (Å²) >= 11 is 0. The highest BCUT2D eigenvalue weighted by molar-refractivity contribution is 7.89. The molecule has 2 saturated heterocycles. The van der Waals surface area contributed by atoms with E-state index in [1.54, 1.807) is 13.1 Å². The molecule has 0 bridgehead atoms. The average molecular weight is 465 g/mol. The normalized spacial score (nSPS) is 19.2. The predicted octanol–water partition coefficient (Wildman–Crippen LogP) is 1.92. The summed E-state index contributed by atoms with van der Waals surface area (Å²) in [7, 11) is -3.87. The average Bonchev–Trinajstić information content (AvgIpc) is 3.52. The molecule has 0 atom stereocenters. The van der Waals surface area contributed by atoms with Crippen LogP contribution in [0.5, 0.6) is 0 Å². The first-order valence-electron chi connectivity index (χ1n) is 10.9. The first kappa shape index (κ1) is 22.5. The lowest BCUT2D eigenvalue weighted by Gasteiger charge is -2.37. The van der Waals surface area contributed by atoms with Gasteiger partial charge in [-0.2, -0.15) is 4.31 Å². The third-order valence-corrected chi connectivity index (χ3v) is 7.95. The Morgan fingerprint density at radius 2 is 1.84 bits per heavy atom. The number of hydrogen-bond donors (Lipinski definition) is 0. The number of nitrogens with zero attached hydrogens (tertiary/aromatic N) is 4. The van der Waals surface area contributed by atoms with Crippen LogP contribution in [-0.4, -0.2) is 71.8 Å². The maximum Gasteiger partial charge on any atom is 0.374 e. The standard InChI is InChI=1S/C21H28N4O6S/c1-2-30-21(27)18-3-4-19(31-18)32(28,29)25-12-5-16(6-13-25)20(26)23-10-7-17(8-11-23)24-14-9-22-15-24/h3-4,9,14-17H,2,5-8,10-13H2,1H3. The third kappa shape index (κ3) is 4.58. The summed E-state index contributed by atoms with van der Waals surface area (Å²) in [4.78, 5) is 30.7. The van der Waals surface area contributed by atoms with E-state index < -0.39 is 16.0 Å². The zero-order valence-corrected chi connectivity index (χ0v) is 18.9. The number of rotatable bonds is 6. The predicted molar refractivity (Wildman–Crippen MR) is 113 cm³/mol. The van der Waals surface area contributed by atoms with Gasteiger partial charge in [0.15, 0.2) is 0 Å². The largest absolute Gasteiger partial charge is 0.460 e. The number of piperidine rings is 2. The van der Waals surface area contributed by atoms with E-state index in [2.05, 4.69) is 9.55 Å². The number of sulfonamides is 1. The number of carbonyl (C=O) groups excluding carboxylic acids is 2. The number of amides is 1. The molecule has 4 heterocycles. The van der Waals surface area contributed by atoms with E-state index in [0.29, 0.717) is 32.0 Å². The van der Waals surface area contributed by atoms with E-state index in [0.717, 1.165) is 12.8 Å². The number of likely N-dealkylation sites (tertiary alicyclic amines) is 1. The minimum Gasteiger partial charge on any atom is -0.460 e. The van der Waals surface area contributed by atoms with Gasteiger partial charge in [0, 0.05) is 50.5 Å². The first-order chi connectivity index (χ1) is 15.4. The smallest absolute Gasteiger partial charge is 0.374 e. The van der Waals surface area contributed by atoms with Crippen LogP contribution in [-0.2, 0) is 19.6 Å². The molecule has 2 aliphatic heterocycles. The lowest BCUT2D eigenvalue weighted by Crippen LogP contribution is -2.46. The summed E-state index contributed by atoms with van der Waals surface area (Å²) in [5.74, 6) is -0.920. The van der Waals surface area contributed by atoms with E-state index >= 15 is 0 Å². The number of aromatic nitrogens is 2. The van der Waals surface area contributed by atoms with Crippen molar-refractivity contribution in [2.45, 2.75) is 43.7 Å². The maximum absolute atomic E-state index is 13.0. The minimum absolute atomic E-state index is 0.105. The van der Waals surface area contributed by atoms with Gasteiger partial charge in [0.05, 0.1) is 12.9 Å². The molecule has 32 heavy (non-hydrogen) atoms. The van der Waals surface area contributed by atoms with Crippen LogP contribution < -0.4 is 0 Å². The van der Waals surface area contributed by atoms with Gasteiger partial charge >= 0.3 is 5.97 Å². The molecule has 0 unspecified atom stereocenters. The van der Waals surface area contributed by atoms with Crippen molar-refractivity contribution in [3.05, 3.63) is 36.6 Å². The summed E-state index contributed by atoms with van der Waals surface area (Å²) in [6, 6.07) is 2.93. The Morgan fingerprint density at radius 3 is 2.47 bits per heavy atom. The summed E-state index contributed by atoms with van der Waals surface area (Å²) in [6.07, 6.45) is 8.23. The molecule has 0 aliphatic carbocycles.